The lowest BCUT2D eigenvalue weighted by atomic mass is 9.89. The molecule has 0 unspecified atom stereocenters. The van der Waals surface area contributed by atoms with Crippen molar-refractivity contribution >= 4 is 49.5 Å². The lowest BCUT2D eigenvalue weighted by Crippen LogP contribution is -2.07. The average Bonchev–Trinajstić information content (AvgIpc) is 2.67. The average molecular weight is 334 g/mol. The normalized spacial score (nSPS) is 14.4. The Hall–Kier alpha value is -3.52. The number of hydrogen-bond acceptors (Lipinski definition) is 2. The minimum absolute atomic E-state index is 0.130. The lowest BCUT2D eigenvalue weighted by molar-refractivity contribution is -0.113. The molecule has 0 amide bonds. The number of ketones is 2. The van der Waals surface area contributed by atoms with Crippen LogP contribution < -0.4 is 0 Å². The Balaban J connectivity index is 1.92. The van der Waals surface area contributed by atoms with Crippen molar-refractivity contribution in [2.45, 2.75) is 0 Å². The van der Waals surface area contributed by atoms with E-state index >= 15 is 0 Å². The highest BCUT2D eigenvalue weighted by Crippen LogP contribution is 2.35. The first kappa shape index (κ1) is 14.8. The molecule has 0 bridgehead atoms. The van der Waals surface area contributed by atoms with E-state index in [1.165, 1.54) is 23.6 Å². The van der Waals surface area contributed by atoms with Crippen LogP contribution in [0.5, 0.6) is 0 Å². The summed E-state index contributed by atoms with van der Waals surface area (Å²) < 4.78 is 0. The lowest BCUT2D eigenvalue weighted by Gasteiger charge is -2.13. The molecule has 1 aliphatic rings. The molecule has 0 atom stereocenters. The third kappa shape index (κ3) is 2.20. The maximum absolute atomic E-state index is 12.4. The van der Waals surface area contributed by atoms with Gasteiger partial charge in [-0.2, -0.15) is 0 Å². The fourth-order valence-corrected chi connectivity index (χ4v) is 3.75. The first-order valence-corrected chi connectivity index (χ1v) is 8.53. The van der Waals surface area contributed by atoms with E-state index in [4.69, 9.17) is 0 Å². The number of carbonyl (C=O) groups excluding carboxylic acids is 2. The number of hydrogen-bond donors (Lipinski definition) is 0. The van der Waals surface area contributed by atoms with Crippen LogP contribution in [-0.4, -0.2) is 11.6 Å². The second-order valence-electron chi connectivity index (χ2n) is 6.55. The molecule has 0 saturated heterocycles. The minimum Gasteiger partial charge on any atom is -0.290 e. The molecule has 2 heteroatoms. The quantitative estimate of drug-likeness (QED) is 0.271. The summed E-state index contributed by atoms with van der Waals surface area (Å²) in [7, 11) is 0. The molecular formula is C24H14O2. The molecular weight excluding hydrogens is 320 g/mol. The summed E-state index contributed by atoms with van der Waals surface area (Å²) in [5.41, 5.74) is 1.27. The molecule has 0 radical (unpaired) electrons. The van der Waals surface area contributed by atoms with Gasteiger partial charge < -0.3 is 0 Å². The van der Waals surface area contributed by atoms with Crippen molar-refractivity contribution in [2.75, 3.05) is 0 Å². The Morgan fingerprint density at radius 3 is 2.19 bits per heavy atom. The van der Waals surface area contributed by atoms with E-state index < -0.39 is 0 Å². The van der Waals surface area contributed by atoms with Gasteiger partial charge in [-0.25, -0.2) is 0 Å². The highest BCUT2D eigenvalue weighted by atomic mass is 16.1. The van der Waals surface area contributed by atoms with Crippen molar-refractivity contribution in [1.82, 2.24) is 0 Å². The molecule has 122 valence electrons. The van der Waals surface area contributed by atoms with Gasteiger partial charge in [0.05, 0.1) is 0 Å². The monoisotopic (exact) mass is 334 g/mol. The first-order chi connectivity index (χ1) is 12.7. The SMILES string of the molecule is O=C1C=CC(=O)C(c2cccc3ccc4cc5ccccc5cc4c23)=C1. The van der Waals surface area contributed by atoms with Crippen LogP contribution in [0.15, 0.2) is 85.0 Å². The van der Waals surface area contributed by atoms with E-state index in [-0.39, 0.29) is 11.6 Å². The fraction of sp³-hybridized carbons (Fsp3) is 0. The molecule has 1 aliphatic carbocycles. The molecule has 0 N–H and O–H groups in total. The molecule has 0 spiro atoms. The van der Waals surface area contributed by atoms with Crippen molar-refractivity contribution in [2.24, 2.45) is 0 Å². The Morgan fingerprint density at radius 2 is 1.35 bits per heavy atom. The highest BCUT2D eigenvalue weighted by molar-refractivity contribution is 6.36. The van der Waals surface area contributed by atoms with E-state index in [1.54, 1.807) is 0 Å². The summed E-state index contributed by atoms with van der Waals surface area (Å²) >= 11 is 0. The van der Waals surface area contributed by atoms with Gasteiger partial charge in [-0.3, -0.25) is 9.59 Å². The van der Waals surface area contributed by atoms with Crippen LogP contribution in [0.3, 0.4) is 0 Å². The smallest absolute Gasteiger partial charge is 0.186 e. The van der Waals surface area contributed by atoms with Crippen LogP contribution in [0, 0.1) is 0 Å². The molecule has 0 saturated carbocycles. The van der Waals surface area contributed by atoms with Crippen LogP contribution in [0.25, 0.3) is 37.9 Å². The molecule has 5 rings (SSSR count). The highest BCUT2D eigenvalue weighted by Gasteiger charge is 2.18. The maximum atomic E-state index is 12.4. The Labute approximate surface area is 150 Å². The van der Waals surface area contributed by atoms with Gasteiger partial charge in [0.15, 0.2) is 11.6 Å². The van der Waals surface area contributed by atoms with Crippen molar-refractivity contribution < 1.29 is 9.59 Å². The number of benzene rings is 4. The largest absolute Gasteiger partial charge is 0.290 e. The molecule has 0 aliphatic heterocycles. The zero-order chi connectivity index (χ0) is 17.7. The fourth-order valence-electron chi connectivity index (χ4n) is 3.75. The second kappa shape index (κ2) is 5.50. The maximum Gasteiger partial charge on any atom is 0.186 e. The van der Waals surface area contributed by atoms with Gasteiger partial charge >= 0.3 is 0 Å². The Bertz CT molecular complexity index is 1310. The van der Waals surface area contributed by atoms with E-state index in [2.05, 4.69) is 36.4 Å². The van der Waals surface area contributed by atoms with Gasteiger partial charge in [0.25, 0.3) is 0 Å². The van der Waals surface area contributed by atoms with E-state index in [1.807, 2.05) is 30.3 Å². The summed E-state index contributed by atoms with van der Waals surface area (Å²) in [6, 6.07) is 22.7. The first-order valence-electron chi connectivity index (χ1n) is 8.53. The zero-order valence-electron chi connectivity index (χ0n) is 13.9. The Morgan fingerprint density at radius 1 is 0.615 bits per heavy atom. The molecule has 26 heavy (non-hydrogen) atoms. The van der Waals surface area contributed by atoms with Gasteiger partial charge in [0.1, 0.15) is 0 Å². The van der Waals surface area contributed by atoms with E-state index in [0.717, 1.165) is 32.5 Å². The van der Waals surface area contributed by atoms with Crippen LogP contribution in [-0.2, 0) is 9.59 Å². The predicted molar refractivity (Wildman–Crippen MR) is 106 cm³/mol. The summed E-state index contributed by atoms with van der Waals surface area (Å²) in [5.74, 6) is -0.280. The number of fused-ring (bicyclic) bond motifs is 4. The topological polar surface area (TPSA) is 34.1 Å². The summed E-state index contributed by atoms with van der Waals surface area (Å²) in [6.07, 6.45) is 4.12. The van der Waals surface area contributed by atoms with E-state index in [9.17, 15) is 9.59 Å². The number of allylic oxidation sites excluding steroid dienone is 4. The predicted octanol–water partition coefficient (Wildman–Crippen LogP) is 5.24. The summed E-state index contributed by atoms with van der Waals surface area (Å²) in [5, 5.41) is 6.62. The molecule has 2 nitrogen and oxygen atoms in total. The van der Waals surface area contributed by atoms with Crippen molar-refractivity contribution in [3.05, 3.63) is 90.5 Å². The van der Waals surface area contributed by atoms with Gasteiger partial charge in [-0.1, -0.05) is 54.6 Å². The van der Waals surface area contributed by atoms with Crippen molar-refractivity contribution in [3.8, 4) is 0 Å². The van der Waals surface area contributed by atoms with Gasteiger partial charge in [0.2, 0.25) is 0 Å². The third-order valence-corrected chi connectivity index (χ3v) is 4.97. The number of rotatable bonds is 1. The molecule has 4 aromatic rings. The van der Waals surface area contributed by atoms with Gasteiger partial charge in [-0.05, 0) is 68.2 Å². The molecule has 0 aromatic heterocycles. The molecule has 4 aromatic carbocycles. The Kier molecular flexibility index (Phi) is 3.13. The number of carbonyl (C=O) groups is 2. The standard InChI is InChI=1S/C24H14O2/c25-19-10-11-23(26)22(14-19)20-7-3-6-15-8-9-18-12-16-4-1-2-5-17(16)13-21(18)24(15)20/h1-14H. The third-order valence-electron chi connectivity index (χ3n) is 4.97. The van der Waals surface area contributed by atoms with Gasteiger partial charge in [-0.15, -0.1) is 0 Å². The second-order valence-corrected chi connectivity index (χ2v) is 6.55. The van der Waals surface area contributed by atoms with Gasteiger partial charge in [0, 0.05) is 5.57 Å². The summed E-state index contributed by atoms with van der Waals surface area (Å²) in [6.45, 7) is 0. The van der Waals surface area contributed by atoms with E-state index in [0.29, 0.717) is 5.57 Å². The van der Waals surface area contributed by atoms with Crippen molar-refractivity contribution in [3.63, 3.8) is 0 Å². The zero-order valence-corrected chi connectivity index (χ0v) is 13.9. The molecule has 0 fully saturated rings. The summed E-state index contributed by atoms with van der Waals surface area (Å²) in [4.78, 5) is 24.3. The van der Waals surface area contributed by atoms with Crippen molar-refractivity contribution in [1.29, 1.82) is 0 Å². The van der Waals surface area contributed by atoms with Crippen LogP contribution >= 0.6 is 0 Å². The van der Waals surface area contributed by atoms with Crippen LogP contribution in [0.4, 0.5) is 0 Å². The van der Waals surface area contributed by atoms with Crippen LogP contribution in [0.1, 0.15) is 5.56 Å². The molecule has 0 heterocycles. The van der Waals surface area contributed by atoms with Crippen LogP contribution in [0.2, 0.25) is 0 Å². The minimum atomic E-state index is -0.151.